The van der Waals surface area contributed by atoms with Gasteiger partial charge in [0.15, 0.2) is 0 Å². The molecule has 2 aliphatic rings. The van der Waals surface area contributed by atoms with Gasteiger partial charge in [0.25, 0.3) is 0 Å². The molecule has 1 fully saturated rings. The van der Waals surface area contributed by atoms with E-state index < -0.39 is 17.7 Å². The number of benzene rings is 2. The largest absolute Gasteiger partial charge is 0.481 e. The number of aliphatic carboxylic acids is 1. The molecule has 0 saturated heterocycles. The summed E-state index contributed by atoms with van der Waals surface area (Å²) in [6.07, 6.45) is 9.22. The standard InChI is InChI=1S/C30H33ClFN3O3/c31-21-12-14-22(15-13-21)35-29(23-8-4-5-9-25(23)34-35)28(20-6-2-1-3-7-20)30(38)33-26-16-10-19(18-24(26)32)11-17-27(36)37/h10,12-16,18,20,28H,1-9,11,17H2,(H,33,38)(H,36,37). The average molecular weight is 538 g/mol. The molecule has 5 rings (SSSR count). The summed E-state index contributed by atoms with van der Waals surface area (Å²) in [4.78, 5) is 25.0. The van der Waals surface area contributed by atoms with Crippen LogP contribution in [-0.4, -0.2) is 26.8 Å². The minimum absolute atomic E-state index is 0.0747. The van der Waals surface area contributed by atoms with E-state index in [-0.39, 0.29) is 30.4 Å². The van der Waals surface area contributed by atoms with Crippen molar-refractivity contribution in [3.05, 3.63) is 75.8 Å². The van der Waals surface area contributed by atoms with Crippen LogP contribution in [0.2, 0.25) is 5.02 Å². The molecular formula is C30H33ClFN3O3. The molecule has 1 saturated carbocycles. The number of amides is 1. The molecule has 0 aliphatic heterocycles. The second-order valence-corrected chi connectivity index (χ2v) is 10.9. The first-order valence-corrected chi connectivity index (χ1v) is 14.0. The maximum atomic E-state index is 15.0. The molecule has 2 aromatic carbocycles. The number of rotatable bonds is 8. The Labute approximate surface area is 227 Å². The van der Waals surface area contributed by atoms with Crippen LogP contribution in [0.4, 0.5) is 10.1 Å². The van der Waals surface area contributed by atoms with Crippen LogP contribution in [-0.2, 0) is 28.9 Å². The maximum absolute atomic E-state index is 15.0. The van der Waals surface area contributed by atoms with Crippen molar-refractivity contribution in [3.63, 3.8) is 0 Å². The van der Waals surface area contributed by atoms with Crippen LogP contribution in [0.1, 0.15) is 79.8 Å². The molecule has 2 aliphatic carbocycles. The second kappa shape index (κ2) is 11.7. The quantitative estimate of drug-likeness (QED) is 0.328. The summed E-state index contributed by atoms with van der Waals surface area (Å²) in [7, 11) is 0. The van der Waals surface area contributed by atoms with E-state index in [2.05, 4.69) is 5.32 Å². The lowest BCUT2D eigenvalue weighted by atomic mass is 9.76. The third kappa shape index (κ3) is 5.78. The van der Waals surface area contributed by atoms with Gasteiger partial charge < -0.3 is 10.4 Å². The zero-order valence-electron chi connectivity index (χ0n) is 21.4. The highest BCUT2D eigenvalue weighted by molar-refractivity contribution is 6.30. The average Bonchev–Trinajstić information content (AvgIpc) is 3.29. The Morgan fingerprint density at radius 1 is 1.05 bits per heavy atom. The molecule has 2 N–H and O–H groups in total. The maximum Gasteiger partial charge on any atom is 0.303 e. The molecule has 3 aromatic rings. The molecule has 6 nitrogen and oxygen atoms in total. The van der Waals surface area contributed by atoms with Crippen molar-refractivity contribution in [2.45, 2.75) is 76.5 Å². The molecule has 8 heteroatoms. The normalized spacial score (nSPS) is 16.6. The highest BCUT2D eigenvalue weighted by Crippen LogP contribution is 2.41. The molecular weight excluding hydrogens is 505 g/mol. The van der Waals surface area contributed by atoms with Gasteiger partial charge in [-0.3, -0.25) is 9.59 Å². The summed E-state index contributed by atoms with van der Waals surface area (Å²) < 4.78 is 17.0. The summed E-state index contributed by atoms with van der Waals surface area (Å²) in [5.74, 6) is -2.05. The molecule has 1 atom stereocenters. The summed E-state index contributed by atoms with van der Waals surface area (Å²) in [5, 5.41) is 17.4. The van der Waals surface area contributed by atoms with Gasteiger partial charge in [-0.15, -0.1) is 0 Å². The predicted octanol–water partition coefficient (Wildman–Crippen LogP) is 6.86. The monoisotopic (exact) mass is 537 g/mol. The number of aromatic nitrogens is 2. The Morgan fingerprint density at radius 3 is 2.50 bits per heavy atom. The fourth-order valence-electron chi connectivity index (χ4n) is 5.98. The van der Waals surface area contributed by atoms with E-state index >= 15 is 4.39 Å². The number of carbonyl (C=O) groups excluding carboxylic acids is 1. The van der Waals surface area contributed by atoms with Crippen LogP contribution in [0.25, 0.3) is 5.69 Å². The van der Waals surface area contributed by atoms with Crippen molar-refractivity contribution >= 4 is 29.2 Å². The summed E-state index contributed by atoms with van der Waals surface area (Å²) in [6, 6.07) is 12.0. The lowest BCUT2D eigenvalue weighted by Crippen LogP contribution is -2.32. The Bertz CT molecular complexity index is 1320. The lowest BCUT2D eigenvalue weighted by Gasteiger charge is -2.31. The van der Waals surface area contributed by atoms with E-state index in [9.17, 15) is 9.59 Å². The van der Waals surface area contributed by atoms with Gasteiger partial charge in [-0.1, -0.05) is 36.9 Å². The number of aryl methyl sites for hydroxylation is 2. The summed E-state index contributed by atoms with van der Waals surface area (Å²) in [6.45, 7) is 0. The Morgan fingerprint density at radius 2 is 1.79 bits per heavy atom. The fraction of sp³-hybridized carbons (Fsp3) is 0.433. The van der Waals surface area contributed by atoms with Gasteiger partial charge in [-0.25, -0.2) is 9.07 Å². The number of carboxylic acids is 1. The zero-order valence-corrected chi connectivity index (χ0v) is 22.1. The molecule has 1 heterocycles. The van der Waals surface area contributed by atoms with Gasteiger partial charge in [-0.05, 0) is 98.4 Å². The van der Waals surface area contributed by atoms with Crippen molar-refractivity contribution in [1.29, 1.82) is 0 Å². The third-order valence-corrected chi connectivity index (χ3v) is 8.14. The van der Waals surface area contributed by atoms with E-state index in [0.717, 1.165) is 80.4 Å². The molecule has 0 radical (unpaired) electrons. The smallest absolute Gasteiger partial charge is 0.303 e. The SMILES string of the molecule is O=C(O)CCc1ccc(NC(=O)C(c2c3c(nn2-c2ccc(Cl)cc2)CCCC3)C2CCCCC2)c(F)c1. The lowest BCUT2D eigenvalue weighted by molar-refractivity contribution is -0.137. The minimum atomic E-state index is -0.932. The number of anilines is 1. The minimum Gasteiger partial charge on any atom is -0.481 e. The summed E-state index contributed by atoms with van der Waals surface area (Å²) in [5.41, 5.74) is 4.68. The second-order valence-electron chi connectivity index (χ2n) is 10.5. The number of fused-ring (bicyclic) bond motifs is 1. The number of carboxylic acid groups (broad SMARTS) is 1. The van der Waals surface area contributed by atoms with Crippen LogP contribution in [0.3, 0.4) is 0 Å². The van der Waals surface area contributed by atoms with Crippen molar-refractivity contribution < 1.29 is 19.1 Å². The fourth-order valence-corrected chi connectivity index (χ4v) is 6.11. The van der Waals surface area contributed by atoms with Crippen LogP contribution in [0.5, 0.6) is 0 Å². The Kier molecular flexibility index (Phi) is 8.12. The zero-order chi connectivity index (χ0) is 26.6. The van der Waals surface area contributed by atoms with Crippen molar-refractivity contribution in [1.82, 2.24) is 9.78 Å². The van der Waals surface area contributed by atoms with E-state index in [1.165, 1.54) is 12.1 Å². The van der Waals surface area contributed by atoms with Crippen molar-refractivity contribution in [2.24, 2.45) is 5.92 Å². The van der Waals surface area contributed by atoms with Crippen molar-refractivity contribution in [2.75, 3.05) is 5.32 Å². The van der Waals surface area contributed by atoms with Crippen LogP contribution in [0.15, 0.2) is 42.5 Å². The first-order chi connectivity index (χ1) is 18.4. The molecule has 1 amide bonds. The molecule has 38 heavy (non-hydrogen) atoms. The number of nitrogens with zero attached hydrogens (tertiary/aromatic N) is 2. The number of hydrogen-bond acceptors (Lipinski definition) is 3. The van der Waals surface area contributed by atoms with Crippen LogP contribution < -0.4 is 5.32 Å². The highest BCUT2D eigenvalue weighted by atomic mass is 35.5. The van der Waals surface area contributed by atoms with Gasteiger partial charge in [0.2, 0.25) is 5.91 Å². The Balaban J connectivity index is 1.53. The molecule has 0 bridgehead atoms. The van der Waals surface area contributed by atoms with Crippen molar-refractivity contribution in [3.8, 4) is 5.69 Å². The topological polar surface area (TPSA) is 84.2 Å². The first-order valence-electron chi connectivity index (χ1n) is 13.6. The third-order valence-electron chi connectivity index (χ3n) is 7.89. The molecule has 1 unspecified atom stereocenters. The number of nitrogens with one attached hydrogen (secondary N) is 1. The number of hydrogen-bond donors (Lipinski definition) is 2. The van der Waals surface area contributed by atoms with E-state index in [4.69, 9.17) is 21.8 Å². The van der Waals surface area contributed by atoms with E-state index in [1.54, 1.807) is 6.07 Å². The van der Waals surface area contributed by atoms with Gasteiger partial charge in [0, 0.05) is 11.4 Å². The highest BCUT2D eigenvalue weighted by Gasteiger charge is 2.37. The molecule has 0 spiro atoms. The molecule has 1 aromatic heterocycles. The van der Waals surface area contributed by atoms with Crippen LogP contribution in [0, 0.1) is 11.7 Å². The van der Waals surface area contributed by atoms with Crippen LogP contribution >= 0.6 is 11.6 Å². The molecule has 200 valence electrons. The van der Waals surface area contributed by atoms with E-state index in [1.807, 2.05) is 28.9 Å². The van der Waals surface area contributed by atoms with Gasteiger partial charge in [-0.2, -0.15) is 5.10 Å². The van der Waals surface area contributed by atoms with Gasteiger partial charge in [0.05, 0.1) is 28.7 Å². The van der Waals surface area contributed by atoms with Gasteiger partial charge in [0.1, 0.15) is 5.82 Å². The number of halogens is 2. The summed E-state index contributed by atoms with van der Waals surface area (Å²) >= 11 is 6.17. The van der Waals surface area contributed by atoms with Gasteiger partial charge >= 0.3 is 5.97 Å². The number of carbonyl (C=O) groups is 2. The van der Waals surface area contributed by atoms with E-state index in [0.29, 0.717) is 10.6 Å². The predicted molar refractivity (Wildman–Crippen MR) is 146 cm³/mol. The Hall–Kier alpha value is -3.19. The first kappa shape index (κ1) is 26.4.